The molecule has 5 aromatic rings. The van der Waals surface area contributed by atoms with E-state index in [-0.39, 0.29) is 17.9 Å². The minimum absolute atomic E-state index is 0.0495. The van der Waals surface area contributed by atoms with Crippen molar-refractivity contribution in [1.82, 2.24) is 19.9 Å². The van der Waals surface area contributed by atoms with Gasteiger partial charge >= 0.3 is 6.09 Å². The third-order valence-corrected chi connectivity index (χ3v) is 9.51. The number of ether oxygens (including phenoxy) is 2. The summed E-state index contributed by atoms with van der Waals surface area (Å²) < 4.78 is 41.2. The van der Waals surface area contributed by atoms with Crippen LogP contribution < -0.4 is 14.8 Å². The fourth-order valence-electron chi connectivity index (χ4n) is 5.83. The minimum atomic E-state index is -3.76. The van der Waals surface area contributed by atoms with E-state index in [1.807, 2.05) is 52.0 Å². The molecule has 260 valence electrons. The zero-order chi connectivity index (χ0) is 35.5. The van der Waals surface area contributed by atoms with Crippen LogP contribution in [0.2, 0.25) is 5.02 Å². The van der Waals surface area contributed by atoms with E-state index in [4.69, 9.17) is 26.1 Å². The highest BCUT2D eigenvalue weighted by Gasteiger charge is 2.28. The molecule has 1 unspecified atom stereocenters. The van der Waals surface area contributed by atoms with Gasteiger partial charge in [-0.25, -0.2) is 28.2 Å². The lowest BCUT2D eigenvalue weighted by atomic mass is 10.0. The Bertz CT molecular complexity index is 2140. The summed E-state index contributed by atoms with van der Waals surface area (Å²) in [4.78, 5) is 28.2. The third-order valence-electron chi connectivity index (χ3n) is 8.03. The van der Waals surface area contributed by atoms with Crippen molar-refractivity contribution in [3.63, 3.8) is 0 Å². The van der Waals surface area contributed by atoms with E-state index in [1.54, 1.807) is 65.8 Å². The van der Waals surface area contributed by atoms with Crippen LogP contribution in [0.5, 0.6) is 11.6 Å². The summed E-state index contributed by atoms with van der Waals surface area (Å²) in [5.41, 5.74) is 2.52. The van der Waals surface area contributed by atoms with Crippen molar-refractivity contribution in [3.8, 4) is 22.9 Å². The second kappa shape index (κ2) is 14.5. The maximum atomic E-state index is 13.2. The van der Waals surface area contributed by atoms with Crippen LogP contribution in [-0.2, 0) is 20.5 Å². The second-order valence-corrected chi connectivity index (χ2v) is 15.4. The molecule has 11 nitrogen and oxygen atoms in total. The number of aromatic nitrogens is 3. The molecule has 3 heterocycles. The first-order valence-corrected chi connectivity index (χ1v) is 18.3. The Hall–Kier alpha value is -4.94. The van der Waals surface area contributed by atoms with E-state index >= 15 is 0 Å². The summed E-state index contributed by atoms with van der Waals surface area (Å²) in [7, 11) is -3.76. The normalized spacial score (nSPS) is 15.1. The maximum absolute atomic E-state index is 13.2. The largest absolute Gasteiger partial charge is 0.444 e. The summed E-state index contributed by atoms with van der Waals surface area (Å²) in [6.45, 7) is 8.60. The van der Waals surface area contributed by atoms with Gasteiger partial charge in [-0.15, -0.1) is 0 Å². The molecule has 0 bridgehead atoms. The topological polar surface area (TPSA) is 136 Å². The smallest absolute Gasteiger partial charge is 0.410 e. The van der Waals surface area contributed by atoms with Crippen molar-refractivity contribution < 1.29 is 22.7 Å². The molecule has 1 amide bonds. The maximum Gasteiger partial charge on any atom is 0.410 e. The highest BCUT2D eigenvalue weighted by atomic mass is 35.5. The first-order valence-electron chi connectivity index (χ1n) is 16.3. The lowest BCUT2D eigenvalue weighted by molar-refractivity contribution is 0.0206. The fraction of sp³-hybridized carbons (Fsp3) is 0.297. The highest BCUT2D eigenvalue weighted by molar-refractivity contribution is 7.91. The van der Waals surface area contributed by atoms with Crippen molar-refractivity contribution >= 4 is 50.1 Å². The molecule has 1 aliphatic rings. The molecule has 50 heavy (non-hydrogen) atoms. The summed E-state index contributed by atoms with van der Waals surface area (Å²) in [5, 5.41) is 5.24. The van der Waals surface area contributed by atoms with Crippen molar-refractivity contribution in [2.45, 2.75) is 57.9 Å². The van der Waals surface area contributed by atoms with Gasteiger partial charge in [0.15, 0.2) is 0 Å². The van der Waals surface area contributed by atoms with Gasteiger partial charge < -0.3 is 19.7 Å². The SMILES string of the molecule is Cc1ccc2c(NS(=O)(=O)Cc3cccc(Cl)c3)cccc2c1Oc1ncccc1-c1ccnc(NC2CCCN(C(=O)OC(C)(C)C)C2)n1. The number of nitrogens with one attached hydrogen (secondary N) is 2. The van der Waals surface area contributed by atoms with Gasteiger partial charge in [-0.05, 0) is 88.1 Å². The number of rotatable bonds is 9. The molecule has 1 saturated heterocycles. The monoisotopic (exact) mass is 714 g/mol. The Morgan fingerprint density at radius 1 is 1.00 bits per heavy atom. The van der Waals surface area contributed by atoms with Crippen LogP contribution in [0, 0.1) is 6.92 Å². The number of anilines is 2. The molecule has 6 rings (SSSR count). The molecule has 0 spiro atoms. The molecule has 0 aliphatic carbocycles. The van der Waals surface area contributed by atoms with E-state index in [0.717, 1.165) is 18.4 Å². The highest BCUT2D eigenvalue weighted by Crippen LogP contribution is 2.39. The minimum Gasteiger partial charge on any atom is -0.444 e. The number of piperidine rings is 1. The summed E-state index contributed by atoms with van der Waals surface area (Å²) >= 11 is 6.08. The van der Waals surface area contributed by atoms with E-state index in [2.05, 4.69) is 20.0 Å². The molecule has 2 N–H and O–H groups in total. The number of fused-ring (bicyclic) bond motifs is 1. The predicted molar refractivity (Wildman–Crippen MR) is 196 cm³/mol. The molecule has 0 radical (unpaired) electrons. The summed E-state index contributed by atoms with van der Waals surface area (Å²) in [6, 6.07) is 21.3. The van der Waals surface area contributed by atoms with Crippen LogP contribution in [0.3, 0.4) is 0 Å². The average Bonchev–Trinajstić information content (AvgIpc) is 3.05. The molecule has 0 saturated carbocycles. The zero-order valence-corrected chi connectivity index (χ0v) is 29.9. The number of hydrogen-bond donors (Lipinski definition) is 2. The van der Waals surface area contributed by atoms with Gasteiger partial charge in [0.05, 0.1) is 22.7 Å². The van der Waals surface area contributed by atoms with Crippen molar-refractivity contribution in [2.75, 3.05) is 23.1 Å². The zero-order valence-electron chi connectivity index (χ0n) is 28.3. The first-order chi connectivity index (χ1) is 23.8. The number of likely N-dealkylation sites (tertiary alicyclic amines) is 1. The molecule has 2 aromatic heterocycles. The Morgan fingerprint density at radius 2 is 1.82 bits per heavy atom. The number of nitrogens with zero attached hydrogens (tertiary/aromatic N) is 4. The Morgan fingerprint density at radius 3 is 2.62 bits per heavy atom. The van der Waals surface area contributed by atoms with Gasteiger partial charge in [0, 0.05) is 47.3 Å². The average molecular weight is 715 g/mol. The third kappa shape index (κ3) is 8.61. The number of carbonyl (C=O) groups excluding carboxylic acids is 1. The van der Waals surface area contributed by atoms with E-state index in [1.165, 1.54) is 0 Å². The number of benzene rings is 3. The number of aryl methyl sites for hydroxylation is 1. The molecular formula is C37H39ClN6O5S. The first kappa shape index (κ1) is 34.9. The van der Waals surface area contributed by atoms with Gasteiger partial charge in [-0.2, -0.15) is 0 Å². The predicted octanol–water partition coefficient (Wildman–Crippen LogP) is 8.20. The van der Waals surface area contributed by atoms with Crippen LogP contribution in [0.15, 0.2) is 85.2 Å². The van der Waals surface area contributed by atoms with Gasteiger partial charge in [-0.3, -0.25) is 4.72 Å². The quantitative estimate of drug-likeness (QED) is 0.155. The van der Waals surface area contributed by atoms with E-state index in [9.17, 15) is 13.2 Å². The lowest BCUT2D eigenvalue weighted by Gasteiger charge is -2.34. The van der Waals surface area contributed by atoms with Crippen molar-refractivity contribution in [3.05, 3.63) is 101 Å². The molecule has 1 fully saturated rings. The Labute approximate surface area is 297 Å². The van der Waals surface area contributed by atoms with Crippen LogP contribution in [0.4, 0.5) is 16.4 Å². The lowest BCUT2D eigenvalue weighted by Crippen LogP contribution is -2.47. The number of pyridine rings is 1. The molecule has 1 atom stereocenters. The molecule has 13 heteroatoms. The van der Waals surface area contributed by atoms with Crippen LogP contribution in [0.1, 0.15) is 44.7 Å². The molecule has 3 aromatic carbocycles. The number of halogens is 1. The van der Waals surface area contributed by atoms with Crippen LogP contribution >= 0.6 is 11.6 Å². The number of sulfonamides is 1. The number of carbonyl (C=O) groups is 1. The van der Waals surface area contributed by atoms with E-state index < -0.39 is 15.6 Å². The van der Waals surface area contributed by atoms with Gasteiger partial charge in [0.2, 0.25) is 21.9 Å². The Kier molecular flexibility index (Phi) is 10.1. The van der Waals surface area contributed by atoms with Crippen LogP contribution in [0.25, 0.3) is 22.0 Å². The van der Waals surface area contributed by atoms with Gasteiger partial charge in [-0.1, -0.05) is 48.0 Å². The van der Waals surface area contributed by atoms with E-state index in [0.29, 0.717) is 69.0 Å². The standard InChI is InChI=1S/C37H39ClN6O5S/c1-24-15-16-28-29(12-6-14-32(28)43-50(46,47)23-25-9-5-10-26(38)21-25)33(24)48-34-30(13-7-18-39-34)31-17-19-40-35(42-31)41-27-11-8-20-44(22-27)36(45)49-37(2,3)4/h5-7,9-10,12-19,21,27,43H,8,11,20,22-23H2,1-4H3,(H,40,41,42). The van der Waals surface area contributed by atoms with Gasteiger partial charge in [0.25, 0.3) is 0 Å². The van der Waals surface area contributed by atoms with Crippen molar-refractivity contribution in [1.29, 1.82) is 0 Å². The molecule has 1 aliphatic heterocycles. The van der Waals surface area contributed by atoms with Gasteiger partial charge in [0.1, 0.15) is 11.4 Å². The van der Waals surface area contributed by atoms with Crippen LogP contribution in [-0.4, -0.2) is 59.1 Å². The number of amides is 1. The fourth-order valence-corrected chi connectivity index (χ4v) is 7.24. The van der Waals surface area contributed by atoms with Crippen molar-refractivity contribution in [2.24, 2.45) is 0 Å². The molecular weight excluding hydrogens is 676 g/mol. The number of hydrogen-bond acceptors (Lipinski definition) is 9. The Balaban J connectivity index is 1.23. The second-order valence-electron chi connectivity index (χ2n) is 13.2. The summed E-state index contributed by atoms with van der Waals surface area (Å²) in [5.74, 6) is 1.06. The summed E-state index contributed by atoms with van der Waals surface area (Å²) in [6.07, 6.45) is 4.66.